The van der Waals surface area contributed by atoms with Crippen LogP contribution in [0.4, 0.5) is 0 Å². The van der Waals surface area contributed by atoms with Gasteiger partial charge in [0.25, 0.3) is 11.5 Å². The standard InChI is InChI=1S/C23H20N6O3/c1-2-32-13-5-12-29-20(27-22(30)16-7-9-25-10-8-16)17(15-24)14-18-21(29)26-19-6-3-4-11-28(19)23(18)31/h3-4,6-11,14H,2,5,12-13H2,1H3. The third-order valence-corrected chi connectivity index (χ3v) is 4.92. The number of nitrogens with zero attached hydrogens (tertiary/aromatic N) is 6. The number of pyridine rings is 3. The van der Waals surface area contributed by atoms with Crippen LogP contribution in [-0.4, -0.2) is 38.1 Å². The van der Waals surface area contributed by atoms with Crippen LogP contribution in [0.2, 0.25) is 0 Å². The second-order valence-electron chi connectivity index (χ2n) is 6.93. The van der Waals surface area contributed by atoms with Gasteiger partial charge in [0.05, 0.1) is 10.9 Å². The molecule has 9 nitrogen and oxygen atoms in total. The predicted molar refractivity (Wildman–Crippen MR) is 117 cm³/mol. The average Bonchev–Trinajstić information content (AvgIpc) is 2.83. The van der Waals surface area contributed by atoms with Crippen molar-refractivity contribution in [2.75, 3.05) is 13.2 Å². The van der Waals surface area contributed by atoms with E-state index in [-0.39, 0.29) is 22.0 Å². The number of carbonyl (C=O) groups is 1. The number of aryl methyl sites for hydroxylation is 1. The topological polar surface area (TPSA) is 115 Å². The molecule has 4 aromatic rings. The van der Waals surface area contributed by atoms with Crippen LogP contribution in [0.15, 0.2) is 64.8 Å². The highest BCUT2D eigenvalue weighted by Gasteiger charge is 2.15. The highest BCUT2D eigenvalue weighted by Crippen LogP contribution is 2.11. The fourth-order valence-corrected chi connectivity index (χ4v) is 3.42. The third kappa shape index (κ3) is 4.04. The Morgan fingerprint density at radius 2 is 2.06 bits per heavy atom. The first-order chi connectivity index (χ1) is 15.6. The maximum atomic E-state index is 13.1. The predicted octanol–water partition coefficient (Wildman–Crippen LogP) is 2.08. The molecule has 9 heteroatoms. The molecule has 0 aliphatic rings. The van der Waals surface area contributed by atoms with Crippen molar-refractivity contribution < 1.29 is 9.53 Å². The summed E-state index contributed by atoms with van der Waals surface area (Å²) in [6, 6.07) is 11.9. The van der Waals surface area contributed by atoms with Crippen molar-refractivity contribution in [3.05, 3.63) is 82.0 Å². The van der Waals surface area contributed by atoms with Crippen LogP contribution < -0.4 is 11.0 Å². The SMILES string of the molecule is CCOCCCn1c(=NC(=O)c2ccncc2)c(C#N)cc2c(=O)n3ccccc3nc21. The van der Waals surface area contributed by atoms with Crippen LogP contribution in [0.3, 0.4) is 0 Å². The summed E-state index contributed by atoms with van der Waals surface area (Å²) in [7, 11) is 0. The zero-order valence-corrected chi connectivity index (χ0v) is 17.4. The summed E-state index contributed by atoms with van der Waals surface area (Å²) in [5.74, 6) is -0.515. The van der Waals surface area contributed by atoms with Gasteiger partial charge in [0.1, 0.15) is 17.4 Å². The van der Waals surface area contributed by atoms with E-state index in [2.05, 4.69) is 21.0 Å². The summed E-state index contributed by atoms with van der Waals surface area (Å²) >= 11 is 0. The van der Waals surface area contributed by atoms with Crippen LogP contribution in [0.1, 0.15) is 29.3 Å². The number of ether oxygens (including phenoxy) is 1. The van der Waals surface area contributed by atoms with Gasteiger partial charge in [-0.05, 0) is 43.7 Å². The van der Waals surface area contributed by atoms with E-state index in [1.54, 1.807) is 41.1 Å². The molecule has 160 valence electrons. The lowest BCUT2D eigenvalue weighted by molar-refractivity contribution is 0.0997. The van der Waals surface area contributed by atoms with Crippen molar-refractivity contribution in [1.82, 2.24) is 18.9 Å². The van der Waals surface area contributed by atoms with E-state index >= 15 is 0 Å². The number of fused-ring (bicyclic) bond motifs is 2. The number of rotatable bonds is 6. The quantitative estimate of drug-likeness (QED) is 0.343. The van der Waals surface area contributed by atoms with Crippen molar-refractivity contribution in [3.8, 4) is 6.07 Å². The molecule has 0 spiro atoms. The molecule has 4 heterocycles. The van der Waals surface area contributed by atoms with Crippen molar-refractivity contribution in [2.45, 2.75) is 19.9 Å². The Bertz CT molecular complexity index is 1470. The summed E-state index contributed by atoms with van der Waals surface area (Å²) in [5.41, 5.74) is 1.14. The first kappa shape index (κ1) is 21.1. The third-order valence-electron chi connectivity index (χ3n) is 4.92. The van der Waals surface area contributed by atoms with E-state index in [0.29, 0.717) is 43.0 Å². The number of hydrogen-bond donors (Lipinski definition) is 0. The molecule has 4 rings (SSSR count). The van der Waals surface area contributed by atoms with Gasteiger partial charge in [-0.3, -0.25) is 19.0 Å². The molecule has 1 amide bonds. The number of nitriles is 1. The van der Waals surface area contributed by atoms with Gasteiger partial charge >= 0.3 is 0 Å². The monoisotopic (exact) mass is 428 g/mol. The second kappa shape index (κ2) is 9.32. The number of carbonyl (C=O) groups excluding carboxylic acids is 1. The van der Waals surface area contributed by atoms with Gasteiger partial charge in [0.15, 0.2) is 5.49 Å². The Morgan fingerprint density at radius 3 is 2.81 bits per heavy atom. The van der Waals surface area contributed by atoms with Gasteiger partial charge < -0.3 is 9.30 Å². The van der Waals surface area contributed by atoms with Crippen LogP contribution in [-0.2, 0) is 11.3 Å². The molecule has 0 N–H and O–H groups in total. The lowest BCUT2D eigenvalue weighted by Gasteiger charge is -2.13. The van der Waals surface area contributed by atoms with Crippen LogP contribution in [0.5, 0.6) is 0 Å². The Morgan fingerprint density at radius 1 is 1.25 bits per heavy atom. The molecule has 0 radical (unpaired) electrons. The maximum absolute atomic E-state index is 13.1. The minimum atomic E-state index is -0.515. The lowest BCUT2D eigenvalue weighted by atomic mass is 10.2. The molecule has 0 unspecified atom stereocenters. The first-order valence-electron chi connectivity index (χ1n) is 10.2. The lowest BCUT2D eigenvalue weighted by Crippen LogP contribution is -2.30. The summed E-state index contributed by atoms with van der Waals surface area (Å²) in [5, 5.41) is 10.1. The van der Waals surface area contributed by atoms with Crippen LogP contribution >= 0.6 is 0 Å². The molecule has 0 aliphatic heterocycles. The highest BCUT2D eigenvalue weighted by atomic mass is 16.5. The molecular formula is C23H20N6O3. The van der Waals surface area contributed by atoms with E-state index in [1.165, 1.54) is 22.9 Å². The molecule has 4 aromatic heterocycles. The van der Waals surface area contributed by atoms with E-state index in [9.17, 15) is 14.9 Å². The Labute approximate surface area is 182 Å². The molecule has 0 aromatic carbocycles. The van der Waals surface area contributed by atoms with Crippen LogP contribution in [0, 0.1) is 11.3 Å². The molecule has 0 fully saturated rings. The molecule has 32 heavy (non-hydrogen) atoms. The Kier molecular flexibility index (Phi) is 6.14. The molecule has 0 saturated heterocycles. The fourth-order valence-electron chi connectivity index (χ4n) is 3.42. The van der Waals surface area contributed by atoms with Gasteiger partial charge in [-0.2, -0.15) is 10.3 Å². The minimum Gasteiger partial charge on any atom is -0.382 e. The van der Waals surface area contributed by atoms with Gasteiger partial charge in [-0.15, -0.1) is 0 Å². The van der Waals surface area contributed by atoms with Crippen molar-refractivity contribution in [2.24, 2.45) is 4.99 Å². The van der Waals surface area contributed by atoms with Crippen LogP contribution in [0.25, 0.3) is 16.7 Å². The zero-order valence-electron chi connectivity index (χ0n) is 17.4. The van der Waals surface area contributed by atoms with Gasteiger partial charge in [-0.25, -0.2) is 4.98 Å². The van der Waals surface area contributed by atoms with Crippen molar-refractivity contribution in [1.29, 1.82) is 5.26 Å². The van der Waals surface area contributed by atoms with Gasteiger partial charge in [0.2, 0.25) is 0 Å². The van der Waals surface area contributed by atoms with Crippen molar-refractivity contribution >= 4 is 22.6 Å². The minimum absolute atomic E-state index is 0.117. The van der Waals surface area contributed by atoms with E-state index in [0.717, 1.165) is 0 Å². The number of aromatic nitrogens is 4. The molecule has 0 bridgehead atoms. The fraction of sp³-hybridized carbons (Fsp3) is 0.217. The summed E-state index contributed by atoms with van der Waals surface area (Å²) < 4.78 is 8.52. The molecule has 0 saturated carbocycles. The van der Waals surface area contributed by atoms with Gasteiger partial charge in [0, 0.05) is 43.9 Å². The molecule has 0 atom stereocenters. The van der Waals surface area contributed by atoms with Gasteiger partial charge in [-0.1, -0.05) is 6.07 Å². The largest absolute Gasteiger partial charge is 0.382 e. The summed E-state index contributed by atoms with van der Waals surface area (Å²) in [6.45, 7) is 3.32. The highest BCUT2D eigenvalue weighted by molar-refractivity contribution is 5.94. The van der Waals surface area contributed by atoms with Crippen molar-refractivity contribution in [3.63, 3.8) is 0 Å². The molecular weight excluding hydrogens is 408 g/mol. The Balaban J connectivity index is 2.01. The smallest absolute Gasteiger partial charge is 0.279 e. The molecule has 0 aliphatic carbocycles. The first-order valence-corrected chi connectivity index (χ1v) is 10.2. The summed E-state index contributed by atoms with van der Waals surface area (Å²) in [6.07, 6.45) is 5.21. The zero-order chi connectivity index (χ0) is 22.5. The second-order valence-corrected chi connectivity index (χ2v) is 6.93. The number of hydrogen-bond acceptors (Lipinski definition) is 6. The normalized spacial score (nSPS) is 11.7. The summed E-state index contributed by atoms with van der Waals surface area (Å²) in [4.78, 5) is 38.7. The number of amides is 1. The van der Waals surface area contributed by atoms with E-state index < -0.39 is 5.91 Å². The maximum Gasteiger partial charge on any atom is 0.279 e. The average molecular weight is 428 g/mol. The van der Waals surface area contributed by atoms with E-state index in [4.69, 9.17) is 4.74 Å². The van der Waals surface area contributed by atoms with E-state index in [1.807, 2.05) is 6.92 Å². The Hall–Kier alpha value is -4.16.